The second-order valence-corrected chi connectivity index (χ2v) is 4.58. The molecule has 0 radical (unpaired) electrons. The molecule has 0 bridgehead atoms. The second-order valence-electron chi connectivity index (χ2n) is 3.73. The van der Waals surface area contributed by atoms with E-state index in [0.29, 0.717) is 12.1 Å². The van der Waals surface area contributed by atoms with Crippen LogP contribution in [0.2, 0.25) is 0 Å². The van der Waals surface area contributed by atoms with Crippen LogP contribution in [0.5, 0.6) is 0 Å². The van der Waals surface area contributed by atoms with Crippen molar-refractivity contribution in [3.8, 4) is 0 Å². The number of hydrogen-bond acceptors (Lipinski definition) is 2. The Morgan fingerprint density at radius 3 is 2.81 bits per heavy atom. The average molecular weight is 285 g/mol. The van der Waals surface area contributed by atoms with Crippen LogP contribution in [0.3, 0.4) is 0 Å². The number of benzene rings is 1. The molecule has 0 aliphatic carbocycles. The highest BCUT2D eigenvalue weighted by atomic mass is 79.9. The highest BCUT2D eigenvalue weighted by Crippen LogP contribution is 2.19. The molecule has 3 nitrogen and oxygen atoms in total. The van der Waals surface area contributed by atoms with E-state index < -0.39 is 0 Å². The molecule has 88 valence electrons. The SMILES string of the molecule is CCC(CN)NC(=O)c1cccc(Br)c1C. The molecule has 1 aromatic rings. The lowest BCUT2D eigenvalue weighted by molar-refractivity contribution is 0.0936. The second kappa shape index (κ2) is 6.01. The third kappa shape index (κ3) is 3.06. The summed E-state index contributed by atoms with van der Waals surface area (Å²) in [4.78, 5) is 12.0. The molecule has 0 saturated heterocycles. The van der Waals surface area contributed by atoms with Crippen molar-refractivity contribution in [3.63, 3.8) is 0 Å². The Morgan fingerprint density at radius 2 is 2.25 bits per heavy atom. The number of amides is 1. The molecule has 0 saturated carbocycles. The molecule has 1 atom stereocenters. The van der Waals surface area contributed by atoms with Crippen molar-refractivity contribution in [1.82, 2.24) is 5.32 Å². The Balaban J connectivity index is 2.84. The zero-order valence-electron chi connectivity index (χ0n) is 9.59. The van der Waals surface area contributed by atoms with Gasteiger partial charge in [0.2, 0.25) is 0 Å². The van der Waals surface area contributed by atoms with Gasteiger partial charge in [0.25, 0.3) is 5.91 Å². The third-order valence-electron chi connectivity index (χ3n) is 2.62. The Bertz CT molecular complexity index is 375. The Hall–Kier alpha value is -0.870. The van der Waals surface area contributed by atoms with E-state index in [-0.39, 0.29) is 11.9 Å². The molecule has 1 unspecified atom stereocenters. The number of nitrogens with two attached hydrogens (primary N) is 1. The van der Waals surface area contributed by atoms with Gasteiger partial charge in [0.05, 0.1) is 0 Å². The van der Waals surface area contributed by atoms with Crippen LogP contribution < -0.4 is 11.1 Å². The molecular weight excluding hydrogens is 268 g/mol. The fraction of sp³-hybridized carbons (Fsp3) is 0.417. The highest BCUT2D eigenvalue weighted by Gasteiger charge is 2.13. The topological polar surface area (TPSA) is 55.1 Å². The minimum atomic E-state index is -0.0592. The van der Waals surface area contributed by atoms with Gasteiger partial charge in [-0.25, -0.2) is 0 Å². The number of carbonyl (C=O) groups is 1. The largest absolute Gasteiger partial charge is 0.348 e. The molecule has 0 aliphatic rings. The van der Waals surface area contributed by atoms with Crippen LogP contribution in [0.1, 0.15) is 29.3 Å². The van der Waals surface area contributed by atoms with Gasteiger partial charge in [-0.2, -0.15) is 0 Å². The molecule has 3 N–H and O–H groups in total. The number of hydrogen-bond donors (Lipinski definition) is 2. The van der Waals surface area contributed by atoms with Crippen LogP contribution in [0, 0.1) is 6.92 Å². The van der Waals surface area contributed by atoms with Crippen molar-refractivity contribution in [1.29, 1.82) is 0 Å². The van der Waals surface area contributed by atoms with Crippen molar-refractivity contribution < 1.29 is 4.79 Å². The summed E-state index contributed by atoms with van der Waals surface area (Å²) in [5, 5.41) is 2.92. The van der Waals surface area contributed by atoms with Gasteiger partial charge in [-0.3, -0.25) is 4.79 Å². The number of rotatable bonds is 4. The van der Waals surface area contributed by atoms with E-state index in [1.54, 1.807) is 0 Å². The van der Waals surface area contributed by atoms with Crippen LogP contribution in [-0.2, 0) is 0 Å². The van der Waals surface area contributed by atoms with Crippen molar-refractivity contribution in [2.75, 3.05) is 6.54 Å². The highest BCUT2D eigenvalue weighted by molar-refractivity contribution is 9.10. The quantitative estimate of drug-likeness (QED) is 0.891. The summed E-state index contributed by atoms with van der Waals surface area (Å²) in [5.74, 6) is -0.0592. The number of carbonyl (C=O) groups excluding carboxylic acids is 1. The maximum absolute atomic E-state index is 12.0. The monoisotopic (exact) mass is 284 g/mol. The smallest absolute Gasteiger partial charge is 0.251 e. The van der Waals surface area contributed by atoms with E-state index in [9.17, 15) is 4.79 Å². The van der Waals surface area contributed by atoms with E-state index in [0.717, 1.165) is 16.5 Å². The molecule has 1 rings (SSSR count). The Morgan fingerprint density at radius 1 is 1.56 bits per heavy atom. The van der Waals surface area contributed by atoms with Crippen molar-refractivity contribution >= 4 is 21.8 Å². The standard InChI is InChI=1S/C12H17BrN2O/c1-3-9(7-14)15-12(16)10-5-4-6-11(13)8(10)2/h4-6,9H,3,7,14H2,1-2H3,(H,15,16). The lowest BCUT2D eigenvalue weighted by atomic mass is 10.1. The van der Waals surface area contributed by atoms with Crippen molar-refractivity contribution in [3.05, 3.63) is 33.8 Å². The minimum absolute atomic E-state index is 0.0471. The van der Waals surface area contributed by atoms with Gasteiger partial charge in [0.1, 0.15) is 0 Å². The maximum Gasteiger partial charge on any atom is 0.251 e. The van der Waals surface area contributed by atoms with Gasteiger partial charge in [-0.15, -0.1) is 0 Å². The first-order chi connectivity index (χ1) is 7.60. The van der Waals surface area contributed by atoms with Crippen LogP contribution in [0.4, 0.5) is 0 Å². The van der Waals surface area contributed by atoms with E-state index >= 15 is 0 Å². The van der Waals surface area contributed by atoms with Crippen LogP contribution in [-0.4, -0.2) is 18.5 Å². The zero-order valence-corrected chi connectivity index (χ0v) is 11.2. The Labute approximate surface area is 105 Å². The van der Waals surface area contributed by atoms with Gasteiger partial charge in [0.15, 0.2) is 0 Å². The van der Waals surface area contributed by atoms with E-state index in [1.807, 2.05) is 32.0 Å². The van der Waals surface area contributed by atoms with Crippen molar-refractivity contribution in [2.45, 2.75) is 26.3 Å². The average Bonchev–Trinajstić information content (AvgIpc) is 2.29. The number of halogens is 1. The molecule has 0 heterocycles. The summed E-state index contributed by atoms with van der Waals surface area (Å²) in [6.07, 6.45) is 0.843. The molecule has 0 spiro atoms. The summed E-state index contributed by atoms with van der Waals surface area (Å²) >= 11 is 3.41. The Kier molecular flexibility index (Phi) is 4.96. The molecule has 0 fully saturated rings. The van der Waals surface area contributed by atoms with E-state index in [2.05, 4.69) is 21.2 Å². The lowest BCUT2D eigenvalue weighted by Gasteiger charge is -2.15. The first-order valence-electron chi connectivity index (χ1n) is 5.36. The van der Waals surface area contributed by atoms with Crippen LogP contribution >= 0.6 is 15.9 Å². The normalized spacial score (nSPS) is 12.2. The molecule has 4 heteroatoms. The predicted molar refractivity (Wildman–Crippen MR) is 69.5 cm³/mol. The first kappa shape index (κ1) is 13.2. The lowest BCUT2D eigenvalue weighted by Crippen LogP contribution is -2.39. The molecule has 0 aromatic heterocycles. The molecular formula is C12H17BrN2O. The third-order valence-corrected chi connectivity index (χ3v) is 3.48. The van der Waals surface area contributed by atoms with Crippen LogP contribution in [0.15, 0.2) is 22.7 Å². The zero-order chi connectivity index (χ0) is 12.1. The van der Waals surface area contributed by atoms with Crippen LogP contribution in [0.25, 0.3) is 0 Å². The molecule has 0 aliphatic heterocycles. The number of nitrogens with one attached hydrogen (secondary N) is 1. The fourth-order valence-electron chi connectivity index (χ4n) is 1.44. The molecule has 16 heavy (non-hydrogen) atoms. The van der Waals surface area contributed by atoms with Gasteiger partial charge in [0, 0.05) is 22.6 Å². The summed E-state index contributed by atoms with van der Waals surface area (Å²) < 4.78 is 0.945. The van der Waals surface area contributed by atoms with Gasteiger partial charge in [-0.1, -0.05) is 28.9 Å². The van der Waals surface area contributed by atoms with Gasteiger partial charge >= 0.3 is 0 Å². The summed E-state index contributed by atoms with van der Waals surface area (Å²) in [6.45, 7) is 4.39. The van der Waals surface area contributed by atoms with E-state index in [4.69, 9.17) is 5.73 Å². The molecule has 1 aromatic carbocycles. The molecule has 1 amide bonds. The fourth-order valence-corrected chi connectivity index (χ4v) is 1.81. The van der Waals surface area contributed by atoms with Gasteiger partial charge < -0.3 is 11.1 Å². The summed E-state index contributed by atoms with van der Waals surface area (Å²) in [5.41, 5.74) is 7.20. The first-order valence-corrected chi connectivity index (χ1v) is 6.15. The summed E-state index contributed by atoms with van der Waals surface area (Å²) in [6, 6.07) is 5.64. The summed E-state index contributed by atoms with van der Waals surface area (Å²) in [7, 11) is 0. The predicted octanol–water partition coefficient (Wildman–Crippen LogP) is 2.22. The maximum atomic E-state index is 12.0. The van der Waals surface area contributed by atoms with E-state index in [1.165, 1.54) is 0 Å². The van der Waals surface area contributed by atoms with Gasteiger partial charge in [-0.05, 0) is 31.0 Å². The minimum Gasteiger partial charge on any atom is -0.348 e. The van der Waals surface area contributed by atoms with Crippen molar-refractivity contribution in [2.24, 2.45) is 5.73 Å².